The molecule has 1 fully saturated rings. The minimum Gasteiger partial charge on any atom is -0.394 e. The lowest BCUT2D eigenvalue weighted by Crippen LogP contribution is -2.59. The third-order valence-corrected chi connectivity index (χ3v) is 2.46. The molecule has 0 spiro atoms. The average molecular weight is 224 g/mol. The topological polar surface area (TPSA) is 131 Å². The van der Waals surface area contributed by atoms with Gasteiger partial charge in [-0.25, -0.2) is 0 Å². The molecule has 0 saturated carbocycles. The first-order chi connectivity index (χ1) is 6.99. The van der Waals surface area contributed by atoms with E-state index in [0.717, 1.165) is 0 Å². The van der Waals surface area contributed by atoms with E-state index in [4.69, 9.17) is 20.1 Å². The van der Waals surface area contributed by atoms with Gasteiger partial charge >= 0.3 is 0 Å². The van der Waals surface area contributed by atoms with E-state index in [-0.39, 0.29) is 6.61 Å². The molecule has 0 aromatic rings. The molecule has 0 unspecified atom stereocenters. The van der Waals surface area contributed by atoms with Crippen LogP contribution in [0.25, 0.3) is 0 Å². The van der Waals surface area contributed by atoms with Crippen molar-refractivity contribution in [3.05, 3.63) is 0 Å². The molecule has 0 aromatic carbocycles. The van der Waals surface area contributed by atoms with Crippen LogP contribution in [-0.2, 0) is 4.74 Å². The minimum atomic E-state index is -1.52. The molecule has 1 heterocycles. The van der Waals surface area contributed by atoms with Gasteiger partial charge < -0.3 is 35.4 Å². The molecule has 7 nitrogen and oxygen atoms in total. The number of rotatable bonds is 3. The van der Waals surface area contributed by atoms with Crippen LogP contribution in [0.4, 0.5) is 0 Å². The Morgan fingerprint density at radius 2 is 1.73 bits per heavy atom. The van der Waals surface area contributed by atoms with Crippen molar-refractivity contribution in [3.63, 3.8) is 0 Å². The van der Waals surface area contributed by atoms with Crippen molar-refractivity contribution in [1.29, 1.82) is 0 Å². The van der Waals surface area contributed by atoms with E-state index in [1.807, 2.05) is 0 Å². The van der Waals surface area contributed by atoms with Crippen molar-refractivity contribution >= 4 is 0 Å². The zero-order valence-corrected chi connectivity index (χ0v) is 7.97. The SMILES string of the molecule is OC[C@H](O)[C@@H](O)[C@@H]1OC[C@H](O)[C@H](O)[C@@H]1O. The first-order valence-electron chi connectivity index (χ1n) is 4.61. The third-order valence-electron chi connectivity index (χ3n) is 2.46. The molecule has 15 heavy (non-hydrogen) atoms. The van der Waals surface area contributed by atoms with Crippen molar-refractivity contribution in [2.75, 3.05) is 13.2 Å². The summed E-state index contributed by atoms with van der Waals surface area (Å²) in [5, 5.41) is 55.0. The van der Waals surface area contributed by atoms with Crippen molar-refractivity contribution < 1.29 is 35.4 Å². The number of hydrogen-bond acceptors (Lipinski definition) is 7. The highest BCUT2D eigenvalue weighted by atomic mass is 16.5. The Balaban J connectivity index is 2.62. The Hall–Kier alpha value is -0.280. The Labute approximate surface area is 86.2 Å². The normalized spacial score (nSPS) is 41.2. The largest absolute Gasteiger partial charge is 0.394 e. The Bertz CT molecular complexity index is 195. The molecule has 0 amide bonds. The van der Waals surface area contributed by atoms with E-state index in [9.17, 15) is 15.3 Å². The molecule has 7 heteroatoms. The quantitative estimate of drug-likeness (QED) is 0.289. The smallest absolute Gasteiger partial charge is 0.115 e. The van der Waals surface area contributed by atoms with Crippen LogP contribution in [-0.4, -0.2) is 80.5 Å². The molecule has 6 atom stereocenters. The van der Waals surface area contributed by atoms with E-state index in [1.54, 1.807) is 0 Å². The van der Waals surface area contributed by atoms with Gasteiger partial charge in [0.05, 0.1) is 13.2 Å². The zero-order chi connectivity index (χ0) is 11.6. The number of ether oxygens (including phenoxy) is 1. The van der Waals surface area contributed by atoms with Crippen LogP contribution in [0.2, 0.25) is 0 Å². The summed E-state index contributed by atoms with van der Waals surface area (Å²) in [5.74, 6) is 0. The molecule has 90 valence electrons. The maximum atomic E-state index is 9.43. The Morgan fingerprint density at radius 3 is 2.27 bits per heavy atom. The van der Waals surface area contributed by atoms with Crippen LogP contribution in [0.5, 0.6) is 0 Å². The van der Waals surface area contributed by atoms with Crippen LogP contribution in [0.3, 0.4) is 0 Å². The fraction of sp³-hybridized carbons (Fsp3) is 1.00. The summed E-state index contributed by atoms with van der Waals surface area (Å²) in [6, 6.07) is 0. The summed E-state index contributed by atoms with van der Waals surface area (Å²) in [7, 11) is 0. The maximum Gasteiger partial charge on any atom is 0.115 e. The van der Waals surface area contributed by atoms with E-state index in [1.165, 1.54) is 0 Å². The van der Waals surface area contributed by atoms with Gasteiger partial charge in [0, 0.05) is 0 Å². The number of hydrogen-bond donors (Lipinski definition) is 6. The predicted octanol–water partition coefficient (Wildman–Crippen LogP) is -3.82. The summed E-state index contributed by atoms with van der Waals surface area (Å²) >= 11 is 0. The summed E-state index contributed by atoms with van der Waals surface area (Å²) in [4.78, 5) is 0. The summed E-state index contributed by atoms with van der Waals surface area (Å²) < 4.78 is 4.88. The average Bonchev–Trinajstić information content (AvgIpc) is 2.24. The molecule has 0 radical (unpaired) electrons. The van der Waals surface area contributed by atoms with Crippen LogP contribution in [0, 0.1) is 0 Å². The second-order valence-corrected chi connectivity index (χ2v) is 3.59. The van der Waals surface area contributed by atoms with Gasteiger partial charge in [0.1, 0.15) is 36.6 Å². The van der Waals surface area contributed by atoms with Crippen molar-refractivity contribution in [2.24, 2.45) is 0 Å². The van der Waals surface area contributed by atoms with Gasteiger partial charge in [-0.1, -0.05) is 0 Å². The standard InChI is InChI=1S/C8H16O7/c9-1-3(10)6(13)8-7(14)5(12)4(11)2-15-8/h3-14H,1-2H2/t3-,4-,5-,6+,7-,8-/m0/s1. The third kappa shape index (κ3) is 2.64. The van der Waals surface area contributed by atoms with E-state index in [0.29, 0.717) is 0 Å². The molecular weight excluding hydrogens is 208 g/mol. The fourth-order valence-electron chi connectivity index (χ4n) is 1.46. The van der Waals surface area contributed by atoms with Crippen LogP contribution in [0.1, 0.15) is 0 Å². The molecule has 0 aromatic heterocycles. The predicted molar refractivity (Wildman–Crippen MR) is 46.9 cm³/mol. The van der Waals surface area contributed by atoms with E-state index in [2.05, 4.69) is 0 Å². The van der Waals surface area contributed by atoms with Gasteiger partial charge in [-0.3, -0.25) is 0 Å². The van der Waals surface area contributed by atoms with Gasteiger partial charge in [0.2, 0.25) is 0 Å². The number of aliphatic hydroxyl groups is 6. The molecule has 1 aliphatic heterocycles. The maximum absolute atomic E-state index is 9.43. The highest BCUT2D eigenvalue weighted by Crippen LogP contribution is 2.19. The van der Waals surface area contributed by atoms with Gasteiger partial charge in [0.15, 0.2) is 0 Å². The second kappa shape index (κ2) is 5.17. The first kappa shape index (κ1) is 12.8. The Kier molecular flexibility index (Phi) is 4.41. The van der Waals surface area contributed by atoms with Crippen LogP contribution >= 0.6 is 0 Å². The lowest BCUT2D eigenvalue weighted by Gasteiger charge is -2.38. The molecule has 0 bridgehead atoms. The lowest BCUT2D eigenvalue weighted by molar-refractivity contribution is -0.224. The van der Waals surface area contributed by atoms with Crippen LogP contribution < -0.4 is 0 Å². The molecule has 0 aliphatic carbocycles. The molecule has 1 aliphatic rings. The fourth-order valence-corrected chi connectivity index (χ4v) is 1.46. The summed E-state index contributed by atoms with van der Waals surface area (Å²) in [6.07, 6.45) is -8.39. The first-order valence-corrected chi connectivity index (χ1v) is 4.61. The van der Waals surface area contributed by atoms with Gasteiger partial charge in [-0.05, 0) is 0 Å². The summed E-state index contributed by atoms with van der Waals surface area (Å²) in [6.45, 7) is -0.940. The van der Waals surface area contributed by atoms with Gasteiger partial charge in [0.25, 0.3) is 0 Å². The minimum absolute atomic E-state index is 0.252. The van der Waals surface area contributed by atoms with Crippen molar-refractivity contribution in [2.45, 2.75) is 36.6 Å². The highest BCUT2D eigenvalue weighted by Gasteiger charge is 2.42. The van der Waals surface area contributed by atoms with Crippen molar-refractivity contribution in [3.8, 4) is 0 Å². The van der Waals surface area contributed by atoms with Crippen LogP contribution in [0.15, 0.2) is 0 Å². The zero-order valence-electron chi connectivity index (χ0n) is 7.97. The highest BCUT2D eigenvalue weighted by molar-refractivity contribution is 4.92. The van der Waals surface area contributed by atoms with E-state index < -0.39 is 43.2 Å². The molecule has 1 saturated heterocycles. The second-order valence-electron chi connectivity index (χ2n) is 3.59. The number of aliphatic hydroxyl groups excluding tert-OH is 6. The molecule has 1 rings (SSSR count). The Morgan fingerprint density at radius 1 is 1.13 bits per heavy atom. The molecular formula is C8H16O7. The van der Waals surface area contributed by atoms with Crippen molar-refractivity contribution in [1.82, 2.24) is 0 Å². The van der Waals surface area contributed by atoms with Gasteiger partial charge in [-0.15, -0.1) is 0 Å². The summed E-state index contributed by atoms with van der Waals surface area (Å²) in [5.41, 5.74) is 0. The van der Waals surface area contributed by atoms with E-state index >= 15 is 0 Å². The van der Waals surface area contributed by atoms with Gasteiger partial charge in [-0.2, -0.15) is 0 Å². The monoisotopic (exact) mass is 224 g/mol. The molecule has 6 N–H and O–H groups in total. The lowest BCUT2D eigenvalue weighted by atomic mass is 9.94.